The third-order valence-electron chi connectivity index (χ3n) is 4.07. The van der Waals surface area contributed by atoms with Gasteiger partial charge in [0.25, 0.3) is 0 Å². The molecule has 0 aliphatic carbocycles. The lowest BCUT2D eigenvalue weighted by Gasteiger charge is -2.07. The van der Waals surface area contributed by atoms with Crippen LogP contribution >= 0.6 is 11.5 Å². The third kappa shape index (κ3) is 5.96. The van der Waals surface area contributed by atoms with Crippen molar-refractivity contribution in [3.8, 4) is 5.75 Å². The Bertz CT molecular complexity index is 1040. The molecule has 7 nitrogen and oxygen atoms in total. The van der Waals surface area contributed by atoms with Crippen LogP contribution in [-0.2, 0) is 16.4 Å². The standard InChI is InChI=1S/C19H21FN4O3S2/c1-27-15-7-9-16(10-8-15)29(25,26)22-12-4-11-21-19-23-18(24-28-19)13-14-5-2-3-6-17(14)20/h2-3,5-10,22H,4,11-13H2,1H3,(H,21,23,24). The van der Waals surface area contributed by atoms with E-state index in [4.69, 9.17) is 4.74 Å². The number of hydrogen-bond donors (Lipinski definition) is 2. The fraction of sp³-hybridized carbons (Fsp3) is 0.263. The highest BCUT2D eigenvalue weighted by molar-refractivity contribution is 7.89. The zero-order chi connectivity index (χ0) is 20.7. The normalized spacial score (nSPS) is 11.4. The van der Waals surface area contributed by atoms with E-state index < -0.39 is 10.0 Å². The maximum Gasteiger partial charge on any atom is 0.240 e. The van der Waals surface area contributed by atoms with Gasteiger partial charge in [-0.25, -0.2) is 22.5 Å². The Morgan fingerprint density at radius 2 is 1.86 bits per heavy atom. The second-order valence-electron chi connectivity index (χ2n) is 6.14. The summed E-state index contributed by atoms with van der Waals surface area (Å²) in [5, 5.41) is 3.73. The van der Waals surface area contributed by atoms with Gasteiger partial charge >= 0.3 is 0 Å². The molecule has 1 aromatic heterocycles. The van der Waals surface area contributed by atoms with Crippen molar-refractivity contribution in [3.63, 3.8) is 0 Å². The van der Waals surface area contributed by atoms with Gasteiger partial charge in [0.15, 0.2) is 0 Å². The zero-order valence-corrected chi connectivity index (χ0v) is 17.4. The van der Waals surface area contributed by atoms with Gasteiger partial charge in [-0.15, -0.1) is 0 Å². The van der Waals surface area contributed by atoms with E-state index in [9.17, 15) is 12.8 Å². The number of aromatic nitrogens is 2. The highest BCUT2D eigenvalue weighted by Gasteiger charge is 2.13. The van der Waals surface area contributed by atoms with Gasteiger partial charge < -0.3 is 10.1 Å². The number of sulfonamides is 1. The van der Waals surface area contributed by atoms with Crippen molar-refractivity contribution in [3.05, 3.63) is 65.7 Å². The molecule has 154 valence electrons. The highest BCUT2D eigenvalue weighted by atomic mass is 32.2. The topological polar surface area (TPSA) is 93.2 Å². The summed E-state index contributed by atoms with van der Waals surface area (Å²) in [7, 11) is -2.04. The average molecular weight is 437 g/mol. The first-order chi connectivity index (χ1) is 14.0. The summed E-state index contributed by atoms with van der Waals surface area (Å²) < 4.78 is 50.0. The van der Waals surface area contributed by atoms with E-state index in [1.165, 1.54) is 36.8 Å². The maximum absolute atomic E-state index is 13.7. The van der Waals surface area contributed by atoms with E-state index in [1.54, 1.807) is 30.3 Å². The van der Waals surface area contributed by atoms with E-state index >= 15 is 0 Å². The summed E-state index contributed by atoms with van der Waals surface area (Å²) in [6, 6.07) is 12.7. The first-order valence-corrected chi connectivity index (χ1v) is 11.2. The second kappa shape index (κ2) is 9.77. The summed E-state index contributed by atoms with van der Waals surface area (Å²) in [6.45, 7) is 0.807. The van der Waals surface area contributed by atoms with Crippen LogP contribution in [0.4, 0.5) is 9.52 Å². The van der Waals surface area contributed by atoms with Gasteiger partial charge in [0, 0.05) is 31.0 Å². The van der Waals surface area contributed by atoms with Gasteiger partial charge in [0.1, 0.15) is 17.4 Å². The second-order valence-corrected chi connectivity index (χ2v) is 8.66. The Labute approximate surface area is 173 Å². The summed E-state index contributed by atoms with van der Waals surface area (Å²) in [5.41, 5.74) is 0.546. The van der Waals surface area contributed by atoms with E-state index in [2.05, 4.69) is 19.4 Å². The van der Waals surface area contributed by atoms with Gasteiger partial charge in [-0.1, -0.05) is 18.2 Å². The van der Waals surface area contributed by atoms with Crippen LogP contribution in [0.5, 0.6) is 5.75 Å². The van der Waals surface area contributed by atoms with Gasteiger partial charge in [0.2, 0.25) is 15.2 Å². The van der Waals surface area contributed by atoms with Crippen molar-refractivity contribution < 1.29 is 17.5 Å². The molecule has 0 fully saturated rings. The van der Waals surface area contributed by atoms with Crippen LogP contribution in [0.25, 0.3) is 0 Å². The number of nitrogens with zero attached hydrogens (tertiary/aromatic N) is 2. The minimum absolute atomic E-state index is 0.188. The molecule has 0 aliphatic rings. The molecular weight excluding hydrogens is 415 g/mol. The summed E-state index contributed by atoms with van der Waals surface area (Å²) in [5.74, 6) is 0.864. The lowest BCUT2D eigenvalue weighted by atomic mass is 10.1. The monoisotopic (exact) mass is 436 g/mol. The summed E-state index contributed by atoms with van der Waals surface area (Å²) in [4.78, 5) is 4.52. The molecule has 2 N–H and O–H groups in total. The predicted octanol–water partition coefficient (Wildman–Crippen LogP) is 3.06. The number of rotatable bonds is 10. The Morgan fingerprint density at radius 3 is 2.59 bits per heavy atom. The SMILES string of the molecule is COc1ccc(S(=O)(=O)NCCCNc2nc(Cc3ccccc3F)ns2)cc1. The van der Waals surface area contributed by atoms with E-state index in [1.807, 2.05) is 0 Å². The molecule has 0 saturated heterocycles. The smallest absolute Gasteiger partial charge is 0.240 e. The zero-order valence-electron chi connectivity index (χ0n) is 15.8. The Hall–Kier alpha value is -2.56. The Kier molecular flexibility index (Phi) is 7.13. The summed E-state index contributed by atoms with van der Waals surface area (Å²) >= 11 is 1.19. The fourth-order valence-corrected chi connectivity index (χ4v) is 4.22. The molecule has 0 amide bonds. The van der Waals surface area contributed by atoms with E-state index in [0.717, 1.165) is 0 Å². The molecular formula is C19H21FN4O3S2. The number of ether oxygens (including phenoxy) is 1. The van der Waals surface area contributed by atoms with Crippen LogP contribution in [0, 0.1) is 5.82 Å². The Morgan fingerprint density at radius 1 is 1.10 bits per heavy atom. The third-order valence-corrected chi connectivity index (χ3v) is 6.25. The van der Waals surface area contributed by atoms with Crippen LogP contribution in [-0.4, -0.2) is 38.0 Å². The Balaban J connectivity index is 1.42. The van der Waals surface area contributed by atoms with E-state index in [-0.39, 0.29) is 17.3 Å². The molecule has 3 aromatic rings. The van der Waals surface area contributed by atoms with Crippen LogP contribution in [0.3, 0.4) is 0 Å². The van der Waals surface area contributed by atoms with Gasteiger partial charge in [-0.2, -0.15) is 4.37 Å². The first kappa shape index (κ1) is 21.2. The average Bonchev–Trinajstić information content (AvgIpc) is 3.17. The van der Waals surface area contributed by atoms with Gasteiger partial charge in [0.05, 0.1) is 12.0 Å². The lowest BCUT2D eigenvalue weighted by Crippen LogP contribution is -2.26. The van der Waals surface area contributed by atoms with Crippen molar-refractivity contribution in [1.82, 2.24) is 14.1 Å². The van der Waals surface area contributed by atoms with Crippen molar-refractivity contribution in [1.29, 1.82) is 0 Å². The molecule has 3 rings (SSSR count). The number of halogens is 1. The number of methoxy groups -OCH3 is 1. The number of anilines is 1. The van der Waals surface area contributed by atoms with E-state index in [0.29, 0.717) is 41.7 Å². The fourth-order valence-electron chi connectivity index (χ4n) is 2.54. The van der Waals surface area contributed by atoms with Crippen molar-refractivity contribution >= 4 is 26.7 Å². The molecule has 0 bridgehead atoms. The molecule has 0 spiro atoms. The molecule has 29 heavy (non-hydrogen) atoms. The lowest BCUT2D eigenvalue weighted by molar-refractivity contribution is 0.414. The molecule has 1 heterocycles. The number of nitrogens with one attached hydrogen (secondary N) is 2. The predicted molar refractivity (Wildman–Crippen MR) is 110 cm³/mol. The highest BCUT2D eigenvalue weighted by Crippen LogP contribution is 2.17. The molecule has 0 aliphatic heterocycles. The van der Waals surface area contributed by atoms with Gasteiger partial charge in [-0.3, -0.25) is 0 Å². The first-order valence-electron chi connectivity index (χ1n) is 8.91. The largest absolute Gasteiger partial charge is 0.497 e. The quantitative estimate of drug-likeness (QED) is 0.475. The van der Waals surface area contributed by atoms with Crippen LogP contribution in [0.1, 0.15) is 17.8 Å². The molecule has 0 unspecified atom stereocenters. The van der Waals surface area contributed by atoms with Gasteiger partial charge in [-0.05, 0) is 42.3 Å². The molecule has 10 heteroatoms. The maximum atomic E-state index is 13.7. The van der Waals surface area contributed by atoms with Crippen molar-refractivity contribution in [2.24, 2.45) is 0 Å². The van der Waals surface area contributed by atoms with Crippen LogP contribution in [0.15, 0.2) is 53.4 Å². The minimum Gasteiger partial charge on any atom is -0.497 e. The minimum atomic E-state index is -3.56. The number of hydrogen-bond acceptors (Lipinski definition) is 7. The van der Waals surface area contributed by atoms with Crippen LogP contribution in [0.2, 0.25) is 0 Å². The molecule has 0 atom stereocenters. The molecule has 0 radical (unpaired) electrons. The molecule has 0 saturated carbocycles. The van der Waals surface area contributed by atoms with Crippen molar-refractivity contribution in [2.45, 2.75) is 17.7 Å². The number of benzene rings is 2. The van der Waals surface area contributed by atoms with Crippen LogP contribution < -0.4 is 14.8 Å². The summed E-state index contributed by atoms with van der Waals surface area (Å²) in [6.07, 6.45) is 0.893. The van der Waals surface area contributed by atoms with Crippen molar-refractivity contribution in [2.75, 3.05) is 25.5 Å². The molecule has 2 aromatic carbocycles.